The molecule has 0 saturated carbocycles. The number of hydrogen-bond donors (Lipinski definition) is 2. The summed E-state index contributed by atoms with van der Waals surface area (Å²) in [6.07, 6.45) is -4.34. The van der Waals surface area contributed by atoms with Crippen molar-refractivity contribution < 1.29 is 27.8 Å². The van der Waals surface area contributed by atoms with Gasteiger partial charge in [0.25, 0.3) is 0 Å². The number of halogens is 3. The van der Waals surface area contributed by atoms with Gasteiger partial charge in [0, 0.05) is 13.1 Å². The molecule has 0 amide bonds. The standard InChI is InChI=1S/C17H18F3NO3/c1-23-16-7-2-12(10-15(16)22)11-21-8-9-24-14-5-3-13(4-6-14)17(18,19)20/h2-7,10,21-22H,8-9,11H2,1H3. The minimum Gasteiger partial charge on any atom is -0.504 e. The van der Waals surface area contributed by atoms with Crippen LogP contribution in [0.25, 0.3) is 0 Å². The molecular formula is C17H18F3NO3. The Morgan fingerprint density at radius 1 is 1.08 bits per heavy atom. The zero-order valence-corrected chi connectivity index (χ0v) is 13.1. The summed E-state index contributed by atoms with van der Waals surface area (Å²) in [5.41, 5.74) is 0.176. The van der Waals surface area contributed by atoms with E-state index in [1.54, 1.807) is 12.1 Å². The first-order chi connectivity index (χ1) is 11.4. The van der Waals surface area contributed by atoms with Gasteiger partial charge in [-0.25, -0.2) is 0 Å². The van der Waals surface area contributed by atoms with Crippen LogP contribution in [0.5, 0.6) is 17.2 Å². The molecule has 0 aromatic heterocycles. The minimum absolute atomic E-state index is 0.0674. The van der Waals surface area contributed by atoms with E-state index in [1.165, 1.54) is 19.2 Å². The average Bonchev–Trinajstić information content (AvgIpc) is 2.54. The number of benzene rings is 2. The monoisotopic (exact) mass is 341 g/mol. The number of nitrogens with one attached hydrogen (secondary N) is 1. The lowest BCUT2D eigenvalue weighted by Crippen LogP contribution is -2.20. The molecule has 7 heteroatoms. The van der Waals surface area contributed by atoms with Crippen LogP contribution in [0, 0.1) is 0 Å². The summed E-state index contributed by atoms with van der Waals surface area (Å²) in [6.45, 7) is 1.34. The van der Waals surface area contributed by atoms with Gasteiger partial charge in [-0.2, -0.15) is 13.2 Å². The molecule has 0 aliphatic heterocycles. The predicted molar refractivity (Wildman–Crippen MR) is 83.3 cm³/mol. The molecule has 4 nitrogen and oxygen atoms in total. The highest BCUT2D eigenvalue weighted by molar-refractivity contribution is 5.41. The molecule has 24 heavy (non-hydrogen) atoms. The van der Waals surface area contributed by atoms with Gasteiger partial charge in [-0.1, -0.05) is 6.07 Å². The molecule has 0 bridgehead atoms. The Balaban J connectivity index is 1.72. The van der Waals surface area contributed by atoms with Gasteiger partial charge in [0.1, 0.15) is 12.4 Å². The fourth-order valence-electron chi connectivity index (χ4n) is 2.06. The van der Waals surface area contributed by atoms with E-state index in [9.17, 15) is 18.3 Å². The molecule has 0 aliphatic carbocycles. The van der Waals surface area contributed by atoms with Crippen molar-refractivity contribution in [2.24, 2.45) is 0 Å². The summed E-state index contributed by atoms with van der Waals surface area (Å²) < 4.78 is 47.6. The maximum absolute atomic E-state index is 12.4. The number of aromatic hydroxyl groups is 1. The van der Waals surface area contributed by atoms with Gasteiger partial charge in [0.2, 0.25) is 0 Å². The highest BCUT2D eigenvalue weighted by atomic mass is 19.4. The Kier molecular flexibility index (Phi) is 5.92. The second-order valence-electron chi connectivity index (χ2n) is 5.05. The molecule has 0 unspecified atom stereocenters. The number of hydrogen-bond acceptors (Lipinski definition) is 4. The van der Waals surface area contributed by atoms with Crippen LogP contribution in [0.2, 0.25) is 0 Å². The fraction of sp³-hybridized carbons (Fsp3) is 0.294. The third kappa shape index (κ3) is 5.06. The highest BCUT2D eigenvalue weighted by Gasteiger charge is 2.29. The minimum atomic E-state index is -4.34. The van der Waals surface area contributed by atoms with Crippen molar-refractivity contribution in [1.82, 2.24) is 5.32 Å². The molecule has 2 rings (SSSR count). The number of phenols is 1. The van der Waals surface area contributed by atoms with Crippen molar-refractivity contribution in [3.8, 4) is 17.2 Å². The molecule has 130 valence electrons. The molecule has 0 fully saturated rings. The van der Waals surface area contributed by atoms with E-state index in [-0.39, 0.29) is 5.75 Å². The van der Waals surface area contributed by atoms with Crippen LogP contribution in [0.3, 0.4) is 0 Å². The molecule has 0 radical (unpaired) electrons. The topological polar surface area (TPSA) is 50.7 Å². The number of methoxy groups -OCH3 is 1. The Hall–Kier alpha value is -2.41. The van der Waals surface area contributed by atoms with Crippen molar-refractivity contribution >= 4 is 0 Å². The summed E-state index contributed by atoms with van der Waals surface area (Å²) in [6, 6.07) is 9.66. The van der Waals surface area contributed by atoms with Gasteiger partial charge in [0.15, 0.2) is 11.5 Å². The van der Waals surface area contributed by atoms with Crippen molar-refractivity contribution in [3.05, 3.63) is 53.6 Å². The molecular weight excluding hydrogens is 323 g/mol. The maximum Gasteiger partial charge on any atom is 0.416 e. The smallest absolute Gasteiger partial charge is 0.416 e. The third-order valence-electron chi connectivity index (χ3n) is 3.30. The zero-order chi connectivity index (χ0) is 17.6. The van der Waals surface area contributed by atoms with Gasteiger partial charge in [0.05, 0.1) is 12.7 Å². The molecule has 0 spiro atoms. The Labute approximate surface area is 137 Å². The average molecular weight is 341 g/mol. The molecule has 2 N–H and O–H groups in total. The van der Waals surface area contributed by atoms with Crippen LogP contribution in [-0.2, 0) is 12.7 Å². The van der Waals surface area contributed by atoms with Crippen LogP contribution < -0.4 is 14.8 Å². The van der Waals surface area contributed by atoms with Crippen LogP contribution in [0.4, 0.5) is 13.2 Å². The second-order valence-corrected chi connectivity index (χ2v) is 5.05. The Morgan fingerprint density at radius 2 is 1.79 bits per heavy atom. The van der Waals surface area contributed by atoms with Crippen molar-refractivity contribution in [2.45, 2.75) is 12.7 Å². The number of alkyl halides is 3. The molecule has 0 heterocycles. The normalized spacial score (nSPS) is 11.3. The van der Waals surface area contributed by atoms with Gasteiger partial charge in [-0.05, 0) is 42.0 Å². The summed E-state index contributed by atoms with van der Waals surface area (Å²) in [7, 11) is 1.48. The van der Waals surface area contributed by atoms with Gasteiger partial charge >= 0.3 is 6.18 Å². The van der Waals surface area contributed by atoms with Crippen LogP contribution in [0.15, 0.2) is 42.5 Å². The second kappa shape index (κ2) is 7.92. The predicted octanol–water partition coefficient (Wildman–Crippen LogP) is 3.59. The Morgan fingerprint density at radius 3 is 2.38 bits per heavy atom. The summed E-state index contributed by atoms with van der Waals surface area (Å²) in [4.78, 5) is 0. The first-order valence-electron chi connectivity index (χ1n) is 7.27. The van der Waals surface area contributed by atoms with Crippen LogP contribution >= 0.6 is 0 Å². The molecule has 2 aromatic carbocycles. The van der Waals surface area contributed by atoms with Crippen LogP contribution in [0.1, 0.15) is 11.1 Å². The number of phenolic OH excluding ortho intramolecular Hbond substituents is 1. The molecule has 0 atom stereocenters. The summed E-state index contributed by atoms with van der Waals surface area (Å²) in [5, 5.41) is 12.8. The lowest BCUT2D eigenvalue weighted by Gasteiger charge is -2.10. The fourth-order valence-corrected chi connectivity index (χ4v) is 2.06. The Bertz CT molecular complexity index is 657. The van der Waals surface area contributed by atoms with E-state index < -0.39 is 11.7 Å². The third-order valence-corrected chi connectivity index (χ3v) is 3.30. The van der Waals surface area contributed by atoms with Gasteiger partial charge < -0.3 is 19.9 Å². The van der Waals surface area contributed by atoms with Gasteiger partial charge in [-0.15, -0.1) is 0 Å². The zero-order valence-electron chi connectivity index (χ0n) is 13.1. The SMILES string of the molecule is COc1ccc(CNCCOc2ccc(C(F)(F)F)cc2)cc1O. The van der Waals surface area contributed by atoms with Crippen molar-refractivity contribution in [3.63, 3.8) is 0 Å². The number of ether oxygens (including phenoxy) is 2. The maximum atomic E-state index is 12.4. The van der Waals surface area contributed by atoms with Crippen molar-refractivity contribution in [2.75, 3.05) is 20.3 Å². The first-order valence-corrected chi connectivity index (χ1v) is 7.27. The molecule has 0 aliphatic rings. The van der Waals surface area contributed by atoms with E-state index >= 15 is 0 Å². The van der Waals surface area contributed by atoms with Crippen molar-refractivity contribution in [1.29, 1.82) is 0 Å². The van der Waals surface area contributed by atoms with Gasteiger partial charge in [-0.3, -0.25) is 0 Å². The van der Waals surface area contributed by atoms with Crippen LogP contribution in [-0.4, -0.2) is 25.4 Å². The summed E-state index contributed by atoms with van der Waals surface area (Å²) >= 11 is 0. The first kappa shape index (κ1) is 17.9. The highest BCUT2D eigenvalue weighted by Crippen LogP contribution is 2.30. The van der Waals surface area contributed by atoms with E-state index in [0.29, 0.717) is 31.2 Å². The van der Waals surface area contributed by atoms with E-state index in [0.717, 1.165) is 17.7 Å². The lowest BCUT2D eigenvalue weighted by atomic mass is 10.2. The summed E-state index contributed by atoms with van der Waals surface area (Å²) in [5.74, 6) is 0.856. The quantitative estimate of drug-likeness (QED) is 0.756. The van der Waals surface area contributed by atoms with E-state index in [1.807, 2.05) is 6.07 Å². The molecule has 0 saturated heterocycles. The largest absolute Gasteiger partial charge is 0.504 e. The van der Waals surface area contributed by atoms with E-state index in [2.05, 4.69) is 5.32 Å². The lowest BCUT2D eigenvalue weighted by molar-refractivity contribution is -0.137. The molecule has 2 aromatic rings. The van der Waals surface area contributed by atoms with E-state index in [4.69, 9.17) is 9.47 Å². The number of rotatable bonds is 7.